The van der Waals surface area contributed by atoms with Crippen LogP contribution in [-0.4, -0.2) is 32.9 Å². The van der Waals surface area contributed by atoms with Crippen molar-refractivity contribution < 1.29 is 9.90 Å². The van der Waals surface area contributed by atoms with Crippen LogP contribution in [-0.2, 0) is 13.0 Å². The second-order valence-electron chi connectivity index (χ2n) is 6.51. The highest BCUT2D eigenvalue weighted by atomic mass is 16.3. The van der Waals surface area contributed by atoms with Crippen LogP contribution in [0.2, 0.25) is 0 Å². The van der Waals surface area contributed by atoms with Gasteiger partial charge < -0.3 is 10.4 Å². The predicted octanol–water partition coefficient (Wildman–Crippen LogP) is 2.03. The monoisotopic (exact) mass is 291 g/mol. The lowest BCUT2D eigenvalue weighted by Gasteiger charge is -2.26. The van der Waals surface area contributed by atoms with Gasteiger partial charge in [-0.15, -0.1) is 0 Å². The minimum absolute atomic E-state index is 0.0872. The zero-order chi connectivity index (χ0) is 14.7. The molecule has 0 bridgehead atoms. The Morgan fingerprint density at radius 1 is 1.24 bits per heavy atom. The van der Waals surface area contributed by atoms with Crippen LogP contribution in [0.1, 0.15) is 67.4 Å². The average Bonchev–Trinajstić information content (AvgIpc) is 2.81. The maximum absolute atomic E-state index is 12.4. The van der Waals surface area contributed by atoms with E-state index in [9.17, 15) is 9.90 Å². The van der Waals surface area contributed by atoms with Crippen LogP contribution in [0.15, 0.2) is 6.20 Å². The molecular weight excluding hydrogens is 266 g/mol. The molecule has 5 heteroatoms. The van der Waals surface area contributed by atoms with E-state index in [2.05, 4.69) is 10.4 Å². The van der Waals surface area contributed by atoms with Gasteiger partial charge in [0.05, 0.1) is 23.1 Å². The van der Waals surface area contributed by atoms with Gasteiger partial charge in [0, 0.05) is 13.1 Å². The summed E-state index contributed by atoms with van der Waals surface area (Å²) in [7, 11) is 0. The molecule has 0 saturated heterocycles. The van der Waals surface area contributed by atoms with Crippen molar-refractivity contribution in [2.24, 2.45) is 0 Å². The maximum Gasteiger partial charge on any atom is 0.254 e. The molecule has 1 aromatic heterocycles. The number of hydrogen-bond donors (Lipinski definition) is 2. The molecule has 1 aliphatic heterocycles. The number of hydrogen-bond acceptors (Lipinski definition) is 3. The molecule has 1 fully saturated rings. The summed E-state index contributed by atoms with van der Waals surface area (Å²) in [6.07, 6.45) is 10.9. The first-order valence-corrected chi connectivity index (χ1v) is 8.23. The van der Waals surface area contributed by atoms with Crippen LogP contribution in [0.3, 0.4) is 0 Å². The summed E-state index contributed by atoms with van der Waals surface area (Å²) in [5.74, 6) is -0.0872. The SMILES string of the molecule is O=C(NCC1(O)CCCCCC1)c1cnn2c1CCCC2. The van der Waals surface area contributed by atoms with Crippen molar-refractivity contribution in [1.29, 1.82) is 0 Å². The zero-order valence-electron chi connectivity index (χ0n) is 12.6. The third-order valence-corrected chi connectivity index (χ3v) is 4.84. The summed E-state index contributed by atoms with van der Waals surface area (Å²) in [5.41, 5.74) is 1.01. The van der Waals surface area contributed by atoms with Gasteiger partial charge in [-0.05, 0) is 32.1 Å². The summed E-state index contributed by atoms with van der Waals surface area (Å²) in [5, 5.41) is 17.8. The van der Waals surface area contributed by atoms with Crippen LogP contribution < -0.4 is 5.32 Å². The first kappa shape index (κ1) is 14.6. The number of carbonyl (C=O) groups excluding carboxylic acids is 1. The molecule has 0 atom stereocenters. The molecule has 1 saturated carbocycles. The lowest BCUT2D eigenvalue weighted by atomic mass is 9.94. The largest absolute Gasteiger partial charge is 0.388 e. The summed E-state index contributed by atoms with van der Waals surface area (Å²) >= 11 is 0. The Labute approximate surface area is 125 Å². The molecule has 2 heterocycles. The minimum Gasteiger partial charge on any atom is -0.388 e. The van der Waals surface area contributed by atoms with Crippen LogP contribution in [0.4, 0.5) is 0 Å². The van der Waals surface area contributed by atoms with Crippen molar-refractivity contribution in [3.63, 3.8) is 0 Å². The fraction of sp³-hybridized carbons (Fsp3) is 0.750. The predicted molar refractivity (Wildman–Crippen MR) is 80.2 cm³/mol. The standard InChI is InChI=1S/C16H25N3O2/c20-15(13-11-18-19-10-6-3-7-14(13)19)17-12-16(21)8-4-1-2-5-9-16/h11,21H,1-10,12H2,(H,17,20). The van der Waals surface area contributed by atoms with Gasteiger partial charge in [-0.25, -0.2) is 0 Å². The molecule has 1 amide bonds. The van der Waals surface area contributed by atoms with Gasteiger partial charge in [-0.2, -0.15) is 5.10 Å². The Bertz CT molecular complexity index is 502. The van der Waals surface area contributed by atoms with Gasteiger partial charge in [0.1, 0.15) is 0 Å². The molecule has 2 aliphatic rings. The van der Waals surface area contributed by atoms with Crippen LogP contribution in [0.5, 0.6) is 0 Å². The number of amides is 1. The molecule has 0 unspecified atom stereocenters. The van der Waals surface area contributed by atoms with Crippen LogP contribution in [0.25, 0.3) is 0 Å². The Balaban J connectivity index is 1.62. The van der Waals surface area contributed by atoms with E-state index in [4.69, 9.17) is 0 Å². The first-order chi connectivity index (χ1) is 10.2. The number of aliphatic hydroxyl groups is 1. The molecule has 21 heavy (non-hydrogen) atoms. The van der Waals surface area contributed by atoms with Gasteiger partial charge in [-0.1, -0.05) is 25.7 Å². The lowest BCUT2D eigenvalue weighted by molar-refractivity contribution is 0.0246. The highest BCUT2D eigenvalue weighted by Gasteiger charge is 2.29. The van der Waals surface area contributed by atoms with E-state index in [-0.39, 0.29) is 5.91 Å². The van der Waals surface area contributed by atoms with E-state index in [1.165, 1.54) is 12.8 Å². The second-order valence-corrected chi connectivity index (χ2v) is 6.51. The molecule has 5 nitrogen and oxygen atoms in total. The molecule has 1 aromatic rings. The summed E-state index contributed by atoms with van der Waals surface area (Å²) in [4.78, 5) is 12.4. The average molecular weight is 291 g/mol. The normalized spacial score (nSPS) is 21.4. The number of rotatable bonds is 3. The number of nitrogens with zero attached hydrogens (tertiary/aromatic N) is 2. The van der Waals surface area contributed by atoms with Crippen LogP contribution >= 0.6 is 0 Å². The summed E-state index contributed by atoms with van der Waals surface area (Å²) in [6, 6.07) is 0. The molecule has 2 N–H and O–H groups in total. The minimum atomic E-state index is -0.723. The van der Waals surface area contributed by atoms with Gasteiger partial charge in [0.2, 0.25) is 0 Å². The molecule has 3 rings (SSSR count). The van der Waals surface area contributed by atoms with Crippen molar-refractivity contribution in [3.05, 3.63) is 17.5 Å². The number of carbonyl (C=O) groups is 1. The first-order valence-electron chi connectivity index (χ1n) is 8.23. The van der Waals surface area contributed by atoms with Gasteiger partial charge in [-0.3, -0.25) is 9.48 Å². The van der Waals surface area contributed by atoms with E-state index in [1.54, 1.807) is 6.20 Å². The third-order valence-electron chi connectivity index (χ3n) is 4.84. The molecule has 0 spiro atoms. The van der Waals surface area contributed by atoms with E-state index in [0.717, 1.165) is 57.2 Å². The molecule has 0 radical (unpaired) electrons. The lowest BCUT2D eigenvalue weighted by Crippen LogP contribution is -2.42. The van der Waals surface area contributed by atoms with Gasteiger partial charge >= 0.3 is 0 Å². The zero-order valence-corrected chi connectivity index (χ0v) is 12.6. The van der Waals surface area contributed by atoms with Gasteiger partial charge in [0.25, 0.3) is 5.91 Å². The number of nitrogens with one attached hydrogen (secondary N) is 1. The second kappa shape index (κ2) is 6.18. The Morgan fingerprint density at radius 3 is 2.76 bits per heavy atom. The van der Waals surface area contributed by atoms with Crippen molar-refractivity contribution in [2.75, 3.05) is 6.54 Å². The fourth-order valence-electron chi connectivity index (χ4n) is 3.51. The molecule has 0 aromatic carbocycles. The fourth-order valence-corrected chi connectivity index (χ4v) is 3.51. The maximum atomic E-state index is 12.4. The quantitative estimate of drug-likeness (QED) is 0.837. The number of fused-ring (bicyclic) bond motifs is 1. The van der Waals surface area contributed by atoms with Crippen molar-refractivity contribution in [1.82, 2.24) is 15.1 Å². The Hall–Kier alpha value is -1.36. The molecule has 1 aliphatic carbocycles. The highest BCUT2D eigenvalue weighted by molar-refractivity contribution is 5.95. The van der Waals surface area contributed by atoms with Gasteiger partial charge in [0.15, 0.2) is 0 Å². The summed E-state index contributed by atoms with van der Waals surface area (Å²) in [6.45, 7) is 1.27. The Kier molecular flexibility index (Phi) is 4.29. The Morgan fingerprint density at radius 2 is 2.00 bits per heavy atom. The highest BCUT2D eigenvalue weighted by Crippen LogP contribution is 2.26. The smallest absolute Gasteiger partial charge is 0.254 e. The number of aromatic nitrogens is 2. The van der Waals surface area contributed by atoms with Crippen molar-refractivity contribution >= 4 is 5.91 Å². The third kappa shape index (κ3) is 3.28. The summed E-state index contributed by atoms with van der Waals surface area (Å²) < 4.78 is 1.94. The topological polar surface area (TPSA) is 67.2 Å². The van der Waals surface area contributed by atoms with E-state index in [0.29, 0.717) is 12.1 Å². The van der Waals surface area contributed by atoms with Crippen molar-refractivity contribution in [3.8, 4) is 0 Å². The van der Waals surface area contributed by atoms with E-state index >= 15 is 0 Å². The van der Waals surface area contributed by atoms with E-state index in [1.807, 2.05) is 4.68 Å². The van der Waals surface area contributed by atoms with Crippen LogP contribution in [0, 0.1) is 0 Å². The number of aryl methyl sites for hydroxylation is 1. The van der Waals surface area contributed by atoms with E-state index < -0.39 is 5.60 Å². The molecular formula is C16H25N3O2. The van der Waals surface area contributed by atoms with Crippen molar-refractivity contribution in [2.45, 2.75) is 69.9 Å². The molecule has 116 valence electrons.